The minimum absolute atomic E-state index is 0.0453. The van der Waals surface area contributed by atoms with Gasteiger partial charge in [0.2, 0.25) is 0 Å². The van der Waals surface area contributed by atoms with E-state index < -0.39 is 11.6 Å². The standard InChI is InChI=1S/C15H18F2N4O/c1-20-15(18-10-19-20)14-9-22-8-7-21(14)6-5-11-12(16)3-2-4-13(11)17/h2-4,10,14H,5-9H2,1H3. The Bertz CT molecular complexity index is 626. The van der Waals surface area contributed by atoms with Gasteiger partial charge in [0.1, 0.15) is 23.8 Å². The van der Waals surface area contributed by atoms with E-state index in [4.69, 9.17) is 4.74 Å². The maximum absolute atomic E-state index is 13.7. The highest BCUT2D eigenvalue weighted by atomic mass is 19.1. The molecule has 1 fully saturated rings. The van der Waals surface area contributed by atoms with Crippen molar-refractivity contribution in [2.24, 2.45) is 7.05 Å². The summed E-state index contributed by atoms with van der Waals surface area (Å²) in [6.07, 6.45) is 1.81. The van der Waals surface area contributed by atoms with Crippen molar-refractivity contribution in [1.29, 1.82) is 0 Å². The maximum atomic E-state index is 13.7. The zero-order valence-electron chi connectivity index (χ0n) is 12.4. The zero-order chi connectivity index (χ0) is 15.5. The van der Waals surface area contributed by atoms with Crippen LogP contribution in [0.2, 0.25) is 0 Å². The van der Waals surface area contributed by atoms with Gasteiger partial charge in [0, 0.05) is 25.7 Å². The highest BCUT2D eigenvalue weighted by Crippen LogP contribution is 2.23. The van der Waals surface area contributed by atoms with Gasteiger partial charge in [-0.3, -0.25) is 9.58 Å². The van der Waals surface area contributed by atoms with Crippen LogP contribution in [-0.4, -0.2) is 46.0 Å². The lowest BCUT2D eigenvalue weighted by molar-refractivity contribution is -0.0124. The van der Waals surface area contributed by atoms with Crippen molar-refractivity contribution in [3.8, 4) is 0 Å². The van der Waals surface area contributed by atoms with E-state index in [1.54, 1.807) is 4.68 Å². The van der Waals surface area contributed by atoms with Crippen LogP contribution in [0.1, 0.15) is 17.4 Å². The van der Waals surface area contributed by atoms with Gasteiger partial charge in [0.15, 0.2) is 0 Å². The van der Waals surface area contributed by atoms with E-state index in [0.717, 1.165) is 5.82 Å². The molecule has 0 radical (unpaired) electrons. The number of aromatic nitrogens is 3. The van der Waals surface area contributed by atoms with Crippen LogP contribution in [0.15, 0.2) is 24.5 Å². The molecule has 3 rings (SSSR count). The summed E-state index contributed by atoms with van der Waals surface area (Å²) in [4.78, 5) is 6.40. The molecule has 5 nitrogen and oxygen atoms in total. The third-order valence-corrected chi connectivity index (χ3v) is 3.99. The van der Waals surface area contributed by atoms with E-state index in [1.807, 2.05) is 7.05 Å². The van der Waals surface area contributed by atoms with E-state index >= 15 is 0 Å². The Morgan fingerprint density at radius 3 is 2.77 bits per heavy atom. The van der Waals surface area contributed by atoms with Crippen LogP contribution >= 0.6 is 0 Å². The maximum Gasteiger partial charge on any atom is 0.146 e. The van der Waals surface area contributed by atoms with Crippen molar-refractivity contribution < 1.29 is 13.5 Å². The first-order chi connectivity index (χ1) is 10.7. The fraction of sp³-hybridized carbons (Fsp3) is 0.467. The Labute approximate surface area is 127 Å². The van der Waals surface area contributed by atoms with Crippen molar-refractivity contribution >= 4 is 0 Å². The monoisotopic (exact) mass is 308 g/mol. The molecule has 1 atom stereocenters. The van der Waals surface area contributed by atoms with Crippen LogP contribution in [0.5, 0.6) is 0 Å². The highest BCUT2D eigenvalue weighted by Gasteiger charge is 2.28. The number of rotatable bonds is 4. The Kier molecular flexibility index (Phi) is 4.44. The molecule has 1 aliphatic heterocycles. The molecule has 1 unspecified atom stereocenters. The first kappa shape index (κ1) is 15.1. The molecule has 1 aliphatic rings. The van der Waals surface area contributed by atoms with Gasteiger partial charge in [-0.25, -0.2) is 13.8 Å². The number of ether oxygens (including phenoxy) is 1. The lowest BCUT2D eigenvalue weighted by Crippen LogP contribution is -2.41. The summed E-state index contributed by atoms with van der Waals surface area (Å²) < 4.78 is 34.7. The molecule has 22 heavy (non-hydrogen) atoms. The number of halogens is 2. The van der Waals surface area contributed by atoms with E-state index in [2.05, 4.69) is 15.0 Å². The summed E-state index contributed by atoms with van der Waals surface area (Å²) in [6, 6.07) is 3.91. The van der Waals surface area contributed by atoms with Crippen molar-refractivity contribution in [2.75, 3.05) is 26.3 Å². The molecule has 0 aliphatic carbocycles. The fourth-order valence-corrected chi connectivity index (χ4v) is 2.78. The van der Waals surface area contributed by atoms with Crippen LogP contribution in [0.4, 0.5) is 8.78 Å². The third-order valence-electron chi connectivity index (χ3n) is 3.99. The van der Waals surface area contributed by atoms with Crippen LogP contribution in [0, 0.1) is 11.6 Å². The quantitative estimate of drug-likeness (QED) is 0.862. The van der Waals surface area contributed by atoms with E-state index in [-0.39, 0.29) is 11.6 Å². The smallest absolute Gasteiger partial charge is 0.146 e. The molecule has 0 amide bonds. The van der Waals surface area contributed by atoms with Gasteiger partial charge in [-0.15, -0.1) is 0 Å². The lowest BCUT2D eigenvalue weighted by atomic mass is 10.1. The zero-order valence-corrected chi connectivity index (χ0v) is 12.4. The molecule has 0 bridgehead atoms. The largest absolute Gasteiger partial charge is 0.378 e. The van der Waals surface area contributed by atoms with Crippen molar-refractivity contribution in [2.45, 2.75) is 12.5 Å². The molecule has 1 aromatic heterocycles. The van der Waals surface area contributed by atoms with Crippen LogP contribution in [0.25, 0.3) is 0 Å². The average molecular weight is 308 g/mol. The third kappa shape index (κ3) is 3.00. The number of nitrogens with zero attached hydrogens (tertiary/aromatic N) is 4. The Hall–Kier alpha value is -1.86. The lowest BCUT2D eigenvalue weighted by Gasteiger charge is -2.34. The molecule has 7 heteroatoms. The summed E-state index contributed by atoms with van der Waals surface area (Å²) in [5.74, 6) is -0.194. The predicted molar refractivity (Wildman–Crippen MR) is 76.2 cm³/mol. The summed E-state index contributed by atoms with van der Waals surface area (Å²) in [5, 5.41) is 4.08. The molecule has 2 heterocycles. The van der Waals surface area contributed by atoms with Gasteiger partial charge in [-0.05, 0) is 18.6 Å². The van der Waals surface area contributed by atoms with Gasteiger partial charge >= 0.3 is 0 Å². The average Bonchev–Trinajstić information content (AvgIpc) is 2.93. The van der Waals surface area contributed by atoms with Crippen LogP contribution in [0.3, 0.4) is 0 Å². The molecule has 118 valence electrons. The predicted octanol–water partition coefficient (Wildman–Crippen LogP) is 1.71. The summed E-state index contributed by atoms with van der Waals surface area (Å²) >= 11 is 0. The summed E-state index contributed by atoms with van der Waals surface area (Å²) in [5.41, 5.74) is 0.130. The molecular formula is C15H18F2N4O. The van der Waals surface area contributed by atoms with Crippen molar-refractivity contribution in [3.05, 3.63) is 47.5 Å². The molecule has 0 saturated carbocycles. The Balaban J connectivity index is 1.74. The van der Waals surface area contributed by atoms with Crippen LogP contribution < -0.4 is 0 Å². The highest BCUT2D eigenvalue weighted by molar-refractivity contribution is 5.20. The molecule has 0 spiro atoms. The Morgan fingerprint density at radius 2 is 2.09 bits per heavy atom. The van der Waals surface area contributed by atoms with Gasteiger partial charge in [0.05, 0.1) is 19.3 Å². The second-order valence-corrected chi connectivity index (χ2v) is 5.32. The number of hydrogen-bond acceptors (Lipinski definition) is 4. The number of aryl methyl sites for hydroxylation is 1. The van der Waals surface area contributed by atoms with Crippen LogP contribution in [-0.2, 0) is 18.2 Å². The van der Waals surface area contributed by atoms with E-state index in [9.17, 15) is 8.78 Å². The number of hydrogen-bond donors (Lipinski definition) is 0. The first-order valence-corrected chi connectivity index (χ1v) is 7.25. The van der Waals surface area contributed by atoms with Crippen molar-refractivity contribution in [1.82, 2.24) is 19.7 Å². The number of morpholine rings is 1. The van der Waals surface area contributed by atoms with Crippen molar-refractivity contribution in [3.63, 3.8) is 0 Å². The second-order valence-electron chi connectivity index (χ2n) is 5.32. The fourth-order valence-electron chi connectivity index (χ4n) is 2.78. The minimum atomic E-state index is -0.497. The summed E-state index contributed by atoms with van der Waals surface area (Å²) in [7, 11) is 1.83. The molecule has 0 N–H and O–H groups in total. The summed E-state index contributed by atoms with van der Waals surface area (Å²) in [6.45, 7) is 2.35. The topological polar surface area (TPSA) is 43.2 Å². The minimum Gasteiger partial charge on any atom is -0.378 e. The van der Waals surface area contributed by atoms with E-state index in [0.29, 0.717) is 32.7 Å². The SMILES string of the molecule is Cn1ncnc1C1COCCN1CCc1c(F)cccc1F. The first-order valence-electron chi connectivity index (χ1n) is 7.25. The van der Waals surface area contributed by atoms with Gasteiger partial charge in [0.25, 0.3) is 0 Å². The Morgan fingerprint density at radius 1 is 1.32 bits per heavy atom. The molecule has 1 aromatic carbocycles. The second kappa shape index (κ2) is 6.50. The molecule has 1 saturated heterocycles. The van der Waals surface area contributed by atoms with Gasteiger partial charge in [-0.2, -0.15) is 5.10 Å². The van der Waals surface area contributed by atoms with E-state index in [1.165, 1.54) is 24.5 Å². The van der Waals surface area contributed by atoms with Gasteiger partial charge in [-0.1, -0.05) is 6.07 Å². The molecular weight excluding hydrogens is 290 g/mol. The molecule has 2 aromatic rings. The normalized spacial score (nSPS) is 19.5. The van der Waals surface area contributed by atoms with Gasteiger partial charge < -0.3 is 4.74 Å². The number of benzene rings is 1.